The van der Waals surface area contributed by atoms with Crippen LogP contribution in [0.4, 0.5) is 11.6 Å². The Morgan fingerprint density at radius 1 is 1.02 bits per heavy atom. The molecule has 3 aromatic heterocycles. The Bertz CT molecular complexity index is 2700. The largest absolute Gasteiger partial charge is 0.508 e. The summed E-state index contributed by atoms with van der Waals surface area (Å²) in [5.74, 6) is -2.57. The van der Waals surface area contributed by atoms with Gasteiger partial charge in [0.15, 0.2) is 5.43 Å². The molecule has 9 rings (SSSR count). The Labute approximate surface area is 358 Å². The van der Waals surface area contributed by atoms with E-state index in [1.54, 1.807) is 31.3 Å². The highest BCUT2D eigenvalue weighted by Crippen LogP contribution is 2.60. The van der Waals surface area contributed by atoms with Crippen LogP contribution in [0.25, 0.3) is 11.0 Å². The van der Waals surface area contributed by atoms with Gasteiger partial charge in [-0.05, 0) is 116 Å². The number of benzene rings is 2. The second-order valence-corrected chi connectivity index (χ2v) is 17.4. The van der Waals surface area contributed by atoms with E-state index in [-0.39, 0.29) is 58.6 Å². The van der Waals surface area contributed by atoms with E-state index >= 15 is 0 Å². The van der Waals surface area contributed by atoms with Crippen LogP contribution in [0.15, 0.2) is 69.7 Å². The number of likely N-dealkylation sites (N-methyl/N-ethyl adjacent to an activating group) is 1. The molecule has 2 aromatic carbocycles. The number of esters is 1. The number of carbonyl (C=O) groups excluding carboxylic acids is 1. The van der Waals surface area contributed by atoms with Gasteiger partial charge in [0.1, 0.15) is 63.9 Å². The number of nitrogens with two attached hydrogens (primary N) is 2. The van der Waals surface area contributed by atoms with Gasteiger partial charge in [0, 0.05) is 71.4 Å². The second-order valence-electron chi connectivity index (χ2n) is 17.4. The zero-order valence-electron chi connectivity index (χ0n) is 35.1. The van der Waals surface area contributed by atoms with Gasteiger partial charge in [-0.2, -0.15) is 0 Å². The first-order chi connectivity index (χ1) is 29.9. The minimum atomic E-state index is -1.32. The van der Waals surface area contributed by atoms with Gasteiger partial charge in [-0.3, -0.25) is 4.79 Å². The molecule has 4 bridgehead atoms. The second kappa shape index (κ2) is 16.1. The van der Waals surface area contributed by atoms with E-state index in [0.29, 0.717) is 67.0 Å². The van der Waals surface area contributed by atoms with Crippen molar-refractivity contribution in [3.63, 3.8) is 0 Å². The summed E-state index contributed by atoms with van der Waals surface area (Å²) in [7, 11) is 0. The molecule has 62 heavy (non-hydrogen) atoms. The fourth-order valence-corrected chi connectivity index (χ4v) is 11.2. The van der Waals surface area contributed by atoms with Crippen LogP contribution in [0.1, 0.15) is 102 Å². The van der Waals surface area contributed by atoms with E-state index in [2.05, 4.69) is 10.3 Å². The fourth-order valence-electron chi connectivity index (χ4n) is 11.2. The highest BCUT2D eigenvalue weighted by Gasteiger charge is 2.57. The number of nitrogens with one attached hydrogen (secondary N) is 1. The van der Waals surface area contributed by atoms with Crippen LogP contribution in [0.5, 0.6) is 17.2 Å². The van der Waals surface area contributed by atoms with Crippen LogP contribution in [0.3, 0.4) is 0 Å². The van der Waals surface area contributed by atoms with Crippen LogP contribution in [-0.4, -0.2) is 67.8 Å². The molecule has 5 aromatic rings. The lowest BCUT2D eigenvalue weighted by atomic mass is 9.62. The Morgan fingerprint density at radius 3 is 2.58 bits per heavy atom. The van der Waals surface area contributed by atoms with Crippen LogP contribution < -0.4 is 26.9 Å². The van der Waals surface area contributed by atoms with Crippen molar-refractivity contribution in [1.29, 1.82) is 0 Å². The highest BCUT2D eigenvalue weighted by molar-refractivity contribution is 5.92. The van der Waals surface area contributed by atoms with E-state index in [4.69, 9.17) is 30.3 Å². The van der Waals surface area contributed by atoms with E-state index in [1.165, 1.54) is 0 Å². The maximum absolute atomic E-state index is 14.3. The van der Waals surface area contributed by atoms with Gasteiger partial charge in [0.25, 0.3) is 0 Å². The zero-order valence-corrected chi connectivity index (χ0v) is 35.1. The lowest BCUT2D eigenvalue weighted by molar-refractivity contribution is -0.168. The topological polar surface area (TPSA) is 237 Å². The smallest absolute Gasteiger partial charge is 0.335 e. The van der Waals surface area contributed by atoms with Gasteiger partial charge >= 0.3 is 5.97 Å². The predicted octanol–water partition coefficient (Wildman–Crippen LogP) is 5.18. The Kier molecular flexibility index (Phi) is 10.7. The summed E-state index contributed by atoms with van der Waals surface area (Å²) in [4.78, 5) is 37.8. The number of pyridine rings is 2. The standard InChI is InChI=1S/C48H53N5O9/c1-4-23(19-51-5-2)47(59)61-37-18-33-43(58)41-36(57)17-28(21-54)60-45(41)42-39-31-12-13-52-46(50)40(31)30(11-7-24-6-9-27(56)16-32(24)34(39)22-55)29-10-8-25-15-38(49)53-20-26(25)14-35(29)48(37,3)62-44(33)42/h4,6,9,12-13,15-17,20,29-30,34-35,37,39,51,54-56,58H,5,7-8,10-11,14,18-19,21-22H2,1-3H3,(H2,49,53)(H2,50,52). The Morgan fingerprint density at radius 2 is 1.82 bits per heavy atom. The number of anilines is 2. The van der Waals surface area contributed by atoms with Crippen molar-refractivity contribution in [2.45, 2.75) is 95.4 Å². The molecular formula is C48H53N5O9. The van der Waals surface area contributed by atoms with Crippen molar-refractivity contribution in [1.82, 2.24) is 15.3 Å². The summed E-state index contributed by atoms with van der Waals surface area (Å²) >= 11 is 0. The third-order valence-corrected chi connectivity index (χ3v) is 14.2. The fraction of sp³-hybridized carbons (Fsp3) is 0.417. The summed E-state index contributed by atoms with van der Waals surface area (Å²) in [5, 5.41) is 48.7. The van der Waals surface area contributed by atoms with Crippen LogP contribution in [0.2, 0.25) is 0 Å². The maximum atomic E-state index is 14.3. The molecule has 0 saturated carbocycles. The number of phenols is 2. The first-order valence-corrected chi connectivity index (χ1v) is 21.5. The number of rotatable bonds is 7. The Balaban J connectivity index is 1.43. The Hall–Kier alpha value is -5.96. The van der Waals surface area contributed by atoms with Crippen molar-refractivity contribution in [3.05, 3.63) is 121 Å². The van der Waals surface area contributed by atoms with Crippen molar-refractivity contribution in [3.8, 4) is 17.2 Å². The molecule has 9 N–H and O–H groups in total. The average molecular weight is 844 g/mol. The summed E-state index contributed by atoms with van der Waals surface area (Å²) in [6.07, 6.45) is 7.06. The minimum Gasteiger partial charge on any atom is -0.508 e. The third kappa shape index (κ3) is 6.66. The summed E-state index contributed by atoms with van der Waals surface area (Å²) in [5.41, 5.74) is 17.6. The number of allylic oxidation sites excluding steroid dienone is 1. The van der Waals surface area contributed by atoms with E-state index < -0.39 is 59.8 Å². The van der Waals surface area contributed by atoms with E-state index in [1.807, 2.05) is 38.2 Å². The molecule has 0 saturated heterocycles. The molecular weight excluding hydrogens is 791 g/mol. The predicted molar refractivity (Wildman–Crippen MR) is 232 cm³/mol. The molecule has 2 aliphatic carbocycles. The molecule has 0 radical (unpaired) electrons. The van der Waals surface area contributed by atoms with Gasteiger partial charge in [-0.25, -0.2) is 14.8 Å². The van der Waals surface area contributed by atoms with Gasteiger partial charge in [-0.15, -0.1) is 0 Å². The van der Waals surface area contributed by atoms with Gasteiger partial charge in [0.2, 0.25) is 0 Å². The van der Waals surface area contributed by atoms with Crippen molar-refractivity contribution >= 4 is 28.6 Å². The number of hydrogen-bond acceptors (Lipinski definition) is 14. The first kappa shape index (κ1) is 41.4. The number of aliphatic hydroxyl groups is 2. The lowest BCUT2D eigenvalue weighted by Crippen LogP contribution is -2.59. The third-order valence-electron chi connectivity index (χ3n) is 14.2. The summed E-state index contributed by atoms with van der Waals surface area (Å²) < 4.78 is 20.7. The molecule has 0 amide bonds. The number of aliphatic hydroxyl groups excluding tert-OH is 2. The molecule has 2 aliphatic heterocycles. The van der Waals surface area contributed by atoms with Crippen LogP contribution in [-0.2, 0) is 41.8 Å². The number of carbonyl (C=O) groups is 1. The van der Waals surface area contributed by atoms with Gasteiger partial charge in [-0.1, -0.05) is 19.1 Å². The number of ether oxygens (including phenoxy) is 2. The maximum Gasteiger partial charge on any atom is 0.335 e. The molecule has 0 fully saturated rings. The molecule has 5 heterocycles. The number of aryl methyl sites for hydroxylation is 2. The van der Waals surface area contributed by atoms with E-state index in [0.717, 1.165) is 33.9 Å². The van der Waals surface area contributed by atoms with E-state index in [9.17, 15) is 30.0 Å². The molecule has 7 unspecified atom stereocenters. The van der Waals surface area contributed by atoms with Crippen LogP contribution >= 0.6 is 0 Å². The number of aromatic nitrogens is 2. The van der Waals surface area contributed by atoms with Crippen LogP contribution in [0, 0.1) is 11.8 Å². The zero-order chi connectivity index (χ0) is 43.6. The number of nitrogens with zero attached hydrogens (tertiary/aromatic N) is 2. The monoisotopic (exact) mass is 843 g/mol. The van der Waals surface area contributed by atoms with Gasteiger partial charge < -0.3 is 51.1 Å². The van der Waals surface area contributed by atoms with Crippen molar-refractivity contribution < 1.29 is 39.1 Å². The molecule has 0 spiro atoms. The highest BCUT2D eigenvalue weighted by atomic mass is 16.6. The van der Waals surface area contributed by atoms with Gasteiger partial charge in [0.05, 0.1) is 6.61 Å². The number of phenolic OH excluding ortho intramolecular Hbond substituents is 2. The molecule has 14 nitrogen and oxygen atoms in total. The summed E-state index contributed by atoms with van der Waals surface area (Å²) in [6.45, 7) is 5.58. The number of hydrogen-bond donors (Lipinski definition) is 7. The quantitative estimate of drug-likeness (QED) is 0.0826. The SMILES string of the molecule is CC=C(CNCC)C(=O)OC1Cc2c3c(c4oc(CO)cc(=O)c4c2O)C2c4ccnc(N)c4C(CCc4ccc(O)cc4C2CO)C2CCc4cc(N)ncc4CC2C1(C)O3. The lowest BCUT2D eigenvalue weighted by Gasteiger charge is -2.51. The molecule has 7 atom stereocenters. The molecule has 14 heteroatoms. The average Bonchev–Trinajstić information content (AvgIpc) is 3.41. The number of aromatic hydroxyl groups is 2. The summed E-state index contributed by atoms with van der Waals surface area (Å²) in [6, 6.07) is 10.2. The first-order valence-electron chi connectivity index (χ1n) is 21.5. The normalized spacial score (nSPS) is 25.1. The number of fused-ring (bicyclic) bond motifs is 9. The van der Waals surface area contributed by atoms with Crippen molar-refractivity contribution in [2.24, 2.45) is 11.8 Å². The minimum absolute atomic E-state index is 0.0137. The molecule has 324 valence electrons. The van der Waals surface area contributed by atoms with Crippen molar-refractivity contribution in [2.75, 3.05) is 31.2 Å². The molecule has 4 aliphatic rings. The number of nitrogen functional groups attached to an aromatic ring is 2.